The van der Waals surface area contributed by atoms with Crippen LogP contribution in [0.1, 0.15) is 0 Å². The van der Waals surface area contributed by atoms with Crippen LogP contribution in [0.5, 0.6) is 0 Å². The number of hydrogen-bond acceptors (Lipinski definition) is 4. The van der Waals surface area contributed by atoms with Crippen LogP contribution >= 0.6 is 35.0 Å². The summed E-state index contributed by atoms with van der Waals surface area (Å²) >= 11 is 13.2. The lowest BCUT2D eigenvalue weighted by Gasteiger charge is -2.16. The van der Waals surface area contributed by atoms with Crippen LogP contribution in [0.15, 0.2) is 88.3 Å². The number of carbonyl (C=O) groups is 2. The van der Waals surface area contributed by atoms with Crippen molar-refractivity contribution in [2.75, 3.05) is 10.2 Å². The van der Waals surface area contributed by atoms with E-state index in [9.17, 15) is 14.0 Å². The van der Waals surface area contributed by atoms with Crippen LogP contribution in [0.2, 0.25) is 10.0 Å². The molecule has 1 heterocycles. The number of hydrogen-bond donors (Lipinski definition) is 1. The molecule has 0 aromatic heterocycles. The predicted molar refractivity (Wildman–Crippen MR) is 118 cm³/mol. The van der Waals surface area contributed by atoms with E-state index < -0.39 is 17.6 Å². The van der Waals surface area contributed by atoms with Crippen LogP contribution in [0.4, 0.5) is 15.8 Å². The fourth-order valence-electron chi connectivity index (χ4n) is 2.86. The number of imide groups is 1. The van der Waals surface area contributed by atoms with Gasteiger partial charge in [0.25, 0.3) is 11.8 Å². The lowest BCUT2D eigenvalue weighted by molar-refractivity contribution is -0.120. The number of halogens is 3. The Hall–Kier alpha value is -2.80. The fraction of sp³-hybridized carbons (Fsp3) is 0. The van der Waals surface area contributed by atoms with Crippen LogP contribution in [0, 0.1) is 5.82 Å². The van der Waals surface area contributed by atoms with Crippen molar-refractivity contribution >= 4 is 58.2 Å². The second-order valence-corrected chi connectivity index (χ2v) is 8.19. The van der Waals surface area contributed by atoms with Crippen molar-refractivity contribution in [3.63, 3.8) is 0 Å². The third-order valence-corrected chi connectivity index (χ3v) is 6.11. The summed E-state index contributed by atoms with van der Waals surface area (Å²) in [6.07, 6.45) is 0. The molecule has 150 valence electrons. The summed E-state index contributed by atoms with van der Waals surface area (Å²) in [7, 11) is 0. The van der Waals surface area contributed by atoms with Gasteiger partial charge in [-0.1, -0.05) is 53.2 Å². The minimum absolute atomic E-state index is 0.103. The highest BCUT2D eigenvalue weighted by Crippen LogP contribution is 2.39. The van der Waals surface area contributed by atoms with Gasteiger partial charge in [-0.15, -0.1) is 0 Å². The molecule has 3 aromatic carbocycles. The molecule has 4 rings (SSSR count). The molecule has 4 nitrogen and oxygen atoms in total. The number of amides is 2. The maximum absolute atomic E-state index is 13.3. The van der Waals surface area contributed by atoms with Crippen molar-refractivity contribution in [3.8, 4) is 0 Å². The van der Waals surface area contributed by atoms with Gasteiger partial charge >= 0.3 is 0 Å². The number of thioether (sulfide) groups is 1. The van der Waals surface area contributed by atoms with Crippen LogP contribution < -0.4 is 10.2 Å². The molecule has 0 aliphatic carbocycles. The highest BCUT2D eigenvalue weighted by molar-refractivity contribution is 8.04. The quantitative estimate of drug-likeness (QED) is 0.467. The number of anilines is 2. The summed E-state index contributed by atoms with van der Waals surface area (Å²) in [6, 6.07) is 19.3. The second-order valence-electron chi connectivity index (χ2n) is 6.30. The van der Waals surface area contributed by atoms with Gasteiger partial charge < -0.3 is 5.32 Å². The number of nitrogens with zero attached hydrogens (tertiary/aromatic N) is 1. The van der Waals surface area contributed by atoms with Crippen molar-refractivity contribution in [1.82, 2.24) is 0 Å². The van der Waals surface area contributed by atoms with E-state index in [0.717, 1.165) is 9.80 Å². The van der Waals surface area contributed by atoms with Crippen molar-refractivity contribution in [3.05, 3.63) is 99.3 Å². The molecule has 0 spiro atoms. The Balaban J connectivity index is 1.75. The topological polar surface area (TPSA) is 49.4 Å². The first-order valence-electron chi connectivity index (χ1n) is 8.77. The third kappa shape index (κ3) is 4.07. The Morgan fingerprint density at radius 1 is 0.833 bits per heavy atom. The summed E-state index contributed by atoms with van der Waals surface area (Å²) < 4.78 is 13.3. The Morgan fingerprint density at radius 3 is 2.20 bits per heavy atom. The molecule has 0 saturated heterocycles. The van der Waals surface area contributed by atoms with Crippen LogP contribution in [0.3, 0.4) is 0 Å². The van der Waals surface area contributed by atoms with Gasteiger partial charge in [-0.3, -0.25) is 9.59 Å². The zero-order chi connectivity index (χ0) is 21.3. The molecule has 0 radical (unpaired) electrons. The predicted octanol–water partition coefficient (Wildman–Crippen LogP) is 6.12. The standard InChI is InChI=1S/C22H13Cl2FN2O2S/c23-17-11-10-15(12-18(17)24)27-21(28)19(26-14-8-6-13(25)7-9-14)20(22(27)29)30-16-4-2-1-3-5-16/h1-12,26H. The number of benzene rings is 3. The van der Waals surface area contributed by atoms with Crippen molar-refractivity contribution in [2.45, 2.75) is 4.90 Å². The Labute approximate surface area is 186 Å². The molecule has 3 aromatic rings. The highest BCUT2D eigenvalue weighted by Gasteiger charge is 2.40. The summed E-state index contributed by atoms with van der Waals surface area (Å²) in [5, 5.41) is 3.51. The van der Waals surface area contributed by atoms with Gasteiger partial charge in [0.05, 0.1) is 15.7 Å². The smallest absolute Gasteiger partial charge is 0.283 e. The Kier molecular flexibility index (Phi) is 5.81. The number of carbonyl (C=O) groups excluding carboxylic acids is 2. The molecule has 0 saturated carbocycles. The molecule has 2 amide bonds. The van der Waals surface area contributed by atoms with Gasteiger partial charge in [0.15, 0.2) is 0 Å². The molecule has 30 heavy (non-hydrogen) atoms. The van der Waals surface area contributed by atoms with Gasteiger partial charge in [0, 0.05) is 10.6 Å². The fourth-order valence-corrected chi connectivity index (χ4v) is 4.10. The van der Waals surface area contributed by atoms with E-state index in [0.29, 0.717) is 16.4 Å². The average Bonchev–Trinajstić information content (AvgIpc) is 2.96. The minimum Gasteiger partial charge on any atom is -0.350 e. The van der Waals surface area contributed by atoms with E-state index in [-0.39, 0.29) is 15.6 Å². The van der Waals surface area contributed by atoms with Crippen LogP contribution in [-0.4, -0.2) is 11.8 Å². The highest BCUT2D eigenvalue weighted by atomic mass is 35.5. The maximum atomic E-state index is 13.3. The SMILES string of the molecule is O=C1C(Nc2ccc(F)cc2)=C(Sc2ccccc2)C(=O)N1c1ccc(Cl)c(Cl)c1. The first kappa shape index (κ1) is 20.5. The first-order valence-corrected chi connectivity index (χ1v) is 10.3. The summed E-state index contributed by atoms with van der Waals surface area (Å²) in [5.74, 6) is -1.43. The van der Waals surface area contributed by atoms with E-state index in [1.807, 2.05) is 30.3 Å². The Bertz CT molecular complexity index is 1170. The zero-order valence-electron chi connectivity index (χ0n) is 15.2. The van der Waals surface area contributed by atoms with Gasteiger partial charge in [-0.25, -0.2) is 9.29 Å². The van der Waals surface area contributed by atoms with Crippen molar-refractivity contribution in [1.29, 1.82) is 0 Å². The third-order valence-electron chi connectivity index (χ3n) is 4.28. The van der Waals surface area contributed by atoms with E-state index in [4.69, 9.17) is 23.2 Å². The molecule has 0 fully saturated rings. The second kappa shape index (κ2) is 8.52. The lowest BCUT2D eigenvalue weighted by atomic mass is 10.3. The Morgan fingerprint density at radius 2 is 1.53 bits per heavy atom. The van der Waals surface area contributed by atoms with Crippen LogP contribution in [-0.2, 0) is 9.59 Å². The van der Waals surface area contributed by atoms with Crippen LogP contribution in [0.25, 0.3) is 0 Å². The molecule has 1 aliphatic rings. The maximum Gasteiger partial charge on any atom is 0.283 e. The van der Waals surface area contributed by atoms with E-state index in [2.05, 4.69) is 5.32 Å². The monoisotopic (exact) mass is 458 g/mol. The number of nitrogens with one attached hydrogen (secondary N) is 1. The first-order chi connectivity index (χ1) is 14.4. The number of rotatable bonds is 5. The van der Waals surface area contributed by atoms with E-state index in [1.165, 1.54) is 48.2 Å². The van der Waals surface area contributed by atoms with Gasteiger partial charge in [0.2, 0.25) is 0 Å². The van der Waals surface area contributed by atoms with E-state index >= 15 is 0 Å². The summed E-state index contributed by atoms with van der Waals surface area (Å²) in [4.78, 5) is 28.5. The molecule has 1 aliphatic heterocycles. The lowest BCUT2D eigenvalue weighted by Crippen LogP contribution is -2.32. The molecular formula is C22H13Cl2FN2O2S. The molecule has 8 heteroatoms. The minimum atomic E-state index is -0.541. The van der Waals surface area contributed by atoms with Crippen molar-refractivity contribution < 1.29 is 14.0 Å². The van der Waals surface area contributed by atoms with E-state index in [1.54, 1.807) is 6.07 Å². The molecular weight excluding hydrogens is 446 g/mol. The largest absolute Gasteiger partial charge is 0.350 e. The molecule has 1 N–H and O–H groups in total. The summed E-state index contributed by atoms with van der Waals surface area (Å²) in [6.45, 7) is 0. The molecule has 0 bridgehead atoms. The average molecular weight is 459 g/mol. The molecule has 0 unspecified atom stereocenters. The summed E-state index contributed by atoms with van der Waals surface area (Å²) in [5.41, 5.74) is 0.891. The zero-order valence-corrected chi connectivity index (χ0v) is 17.6. The normalized spacial score (nSPS) is 13.9. The molecule has 0 atom stereocenters. The van der Waals surface area contributed by atoms with Gasteiger partial charge in [-0.05, 0) is 54.6 Å². The van der Waals surface area contributed by atoms with Crippen molar-refractivity contribution in [2.24, 2.45) is 0 Å². The van der Waals surface area contributed by atoms with Gasteiger partial charge in [-0.2, -0.15) is 0 Å². The van der Waals surface area contributed by atoms with Gasteiger partial charge in [0.1, 0.15) is 16.4 Å².